The second-order valence-corrected chi connectivity index (χ2v) is 6.12. The molecule has 0 bridgehead atoms. The van der Waals surface area contributed by atoms with Crippen molar-refractivity contribution in [2.45, 2.75) is 53.4 Å². The minimum absolute atomic E-state index is 0.0639. The van der Waals surface area contributed by atoms with Crippen molar-refractivity contribution < 1.29 is 9.90 Å². The predicted octanol–water partition coefficient (Wildman–Crippen LogP) is 1.86. The number of carbonyl (C=O) groups is 1. The maximum atomic E-state index is 13.0. The van der Waals surface area contributed by atoms with Gasteiger partial charge in [-0.2, -0.15) is 5.10 Å². The minimum atomic E-state index is -0.0639. The van der Waals surface area contributed by atoms with Gasteiger partial charge in [0, 0.05) is 31.0 Å². The highest BCUT2D eigenvalue weighted by Crippen LogP contribution is 2.20. The summed E-state index contributed by atoms with van der Waals surface area (Å²) in [5, 5.41) is 13.6. The van der Waals surface area contributed by atoms with Gasteiger partial charge < -0.3 is 14.6 Å². The Morgan fingerprint density at radius 2 is 2.09 bits per heavy atom. The molecule has 124 valence electrons. The molecule has 0 fully saturated rings. The van der Waals surface area contributed by atoms with E-state index in [0.717, 1.165) is 48.7 Å². The molecule has 0 saturated carbocycles. The molecule has 0 spiro atoms. The third-order valence-electron chi connectivity index (χ3n) is 4.63. The number of rotatable bonds is 3. The summed E-state index contributed by atoms with van der Waals surface area (Å²) in [6.07, 6.45) is 0.873. The van der Waals surface area contributed by atoms with E-state index in [9.17, 15) is 9.90 Å². The van der Waals surface area contributed by atoms with Crippen molar-refractivity contribution in [3.63, 3.8) is 0 Å². The molecular weight excluding hydrogens is 292 g/mol. The first kappa shape index (κ1) is 15.8. The molecule has 6 heteroatoms. The van der Waals surface area contributed by atoms with E-state index in [-0.39, 0.29) is 12.5 Å². The van der Waals surface area contributed by atoms with Crippen LogP contribution in [0.5, 0.6) is 0 Å². The van der Waals surface area contributed by atoms with Gasteiger partial charge in [-0.15, -0.1) is 0 Å². The molecule has 0 atom stereocenters. The van der Waals surface area contributed by atoms with Crippen LogP contribution < -0.4 is 0 Å². The number of aliphatic hydroxyl groups is 1. The highest BCUT2D eigenvalue weighted by molar-refractivity contribution is 5.95. The Morgan fingerprint density at radius 3 is 2.74 bits per heavy atom. The summed E-state index contributed by atoms with van der Waals surface area (Å²) in [6.45, 7) is 9.01. The fourth-order valence-corrected chi connectivity index (χ4v) is 3.45. The lowest BCUT2D eigenvalue weighted by Gasteiger charge is -2.20. The third kappa shape index (κ3) is 2.79. The van der Waals surface area contributed by atoms with Crippen molar-refractivity contribution >= 4 is 5.91 Å². The van der Waals surface area contributed by atoms with Crippen LogP contribution in [0.15, 0.2) is 12.1 Å². The first-order chi connectivity index (χ1) is 11.0. The van der Waals surface area contributed by atoms with Crippen molar-refractivity contribution in [2.75, 3.05) is 6.54 Å². The van der Waals surface area contributed by atoms with E-state index in [1.54, 1.807) is 0 Å². The molecule has 0 unspecified atom stereocenters. The lowest BCUT2D eigenvalue weighted by Crippen LogP contribution is -2.31. The van der Waals surface area contributed by atoms with Gasteiger partial charge in [-0.1, -0.05) is 0 Å². The highest BCUT2D eigenvalue weighted by atomic mass is 16.3. The molecule has 3 heterocycles. The zero-order valence-corrected chi connectivity index (χ0v) is 14.0. The summed E-state index contributed by atoms with van der Waals surface area (Å²) in [4.78, 5) is 14.9. The average Bonchev–Trinajstić information content (AvgIpc) is 2.99. The van der Waals surface area contributed by atoms with Crippen LogP contribution in [0.25, 0.3) is 0 Å². The lowest BCUT2D eigenvalue weighted by atomic mass is 10.2. The summed E-state index contributed by atoms with van der Waals surface area (Å²) >= 11 is 0. The molecule has 3 rings (SSSR count). The van der Waals surface area contributed by atoms with E-state index in [2.05, 4.69) is 16.6 Å². The van der Waals surface area contributed by atoms with E-state index in [0.29, 0.717) is 12.2 Å². The van der Waals surface area contributed by atoms with Crippen molar-refractivity contribution in [3.8, 4) is 0 Å². The molecule has 1 aliphatic rings. The largest absolute Gasteiger partial charge is 0.390 e. The smallest absolute Gasteiger partial charge is 0.256 e. The van der Waals surface area contributed by atoms with Crippen LogP contribution in [-0.2, 0) is 26.2 Å². The average molecular weight is 316 g/mol. The van der Waals surface area contributed by atoms with Crippen LogP contribution in [0.4, 0.5) is 0 Å². The first-order valence-electron chi connectivity index (χ1n) is 8.17. The second-order valence-electron chi connectivity index (χ2n) is 6.12. The van der Waals surface area contributed by atoms with Gasteiger partial charge in [0.25, 0.3) is 5.91 Å². The molecule has 1 amide bonds. The maximum absolute atomic E-state index is 13.0. The standard InChI is InChI=1S/C17H24N4O2/c1-4-20-12(2)8-16(13(20)3)17(23)19-6-5-7-21-15(10-19)9-14(11-22)18-21/h8-9,22H,4-7,10-11H2,1-3H3. The van der Waals surface area contributed by atoms with Crippen molar-refractivity contribution in [2.24, 2.45) is 0 Å². The zero-order valence-electron chi connectivity index (χ0n) is 14.0. The van der Waals surface area contributed by atoms with Crippen LogP contribution in [0.2, 0.25) is 0 Å². The summed E-state index contributed by atoms with van der Waals surface area (Å²) in [6, 6.07) is 3.88. The van der Waals surface area contributed by atoms with Crippen LogP contribution in [0, 0.1) is 13.8 Å². The van der Waals surface area contributed by atoms with Gasteiger partial charge in [-0.25, -0.2) is 0 Å². The van der Waals surface area contributed by atoms with Gasteiger partial charge in [-0.3, -0.25) is 9.48 Å². The fraction of sp³-hybridized carbons (Fsp3) is 0.529. The quantitative estimate of drug-likeness (QED) is 0.940. The molecule has 0 aromatic carbocycles. The summed E-state index contributed by atoms with van der Waals surface area (Å²) in [5.74, 6) is 0.0815. The monoisotopic (exact) mass is 316 g/mol. The van der Waals surface area contributed by atoms with Crippen molar-refractivity contribution in [1.29, 1.82) is 0 Å². The zero-order chi connectivity index (χ0) is 16.6. The van der Waals surface area contributed by atoms with E-state index in [1.807, 2.05) is 35.6 Å². The van der Waals surface area contributed by atoms with E-state index in [4.69, 9.17) is 0 Å². The Balaban J connectivity index is 1.88. The van der Waals surface area contributed by atoms with Gasteiger partial charge in [0.2, 0.25) is 0 Å². The van der Waals surface area contributed by atoms with Crippen molar-refractivity contribution in [1.82, 2.24) is 19.2 Å². The molecule has 23 heavy (non-hydrogen) atoms. The first-order valence-corrected chi connectivity index (χ1v) is 8.17. The van der Waals surface area contributed by atoms with E-state index >= 15 is 0 Å². The molecule has 1 N–H and O–H groups in total. The van der Waals surface area contributed by atoms with Gasteiger partial charge in [0.15, 0.2) is 0 Å². The Kier molecular flexibility index (Phi) is 4.26. The SMILES string of the molecule is CCn1c(C)cc(C(=O)N2CCCn3nc(CO)cc3C2)c1C. The topological polar surface area (TPSA) is 63.3 Å². The molecule has 6 nitrogen and oxygen atoms in total. The van der Waals surface area contributed by atoms with Crippen molar-refractivity contribution in [3.05, 3.63) is 40.5 Å². The molecule has 0 radical (unpaired) electrons. The van der Waals surface area contributed by atoms with E-state index in [1.165, 1.54) is 0 Å². The Hall–Kier alpha value is -2.08. The predicted molar refractivity (Wildman–Crippen MR) is 87.1 cm³/mol. The summed E-state index contributed by atoms with van der Waals surface area (Å²) in [5.41, 5.74) is 4.60. The minimum Gasteiger partial charge on any atom is -0.390 e. The van der Waals surface area contributed by atoms with Crippen LogP contribution in [0.3, 0.4) is 0 Å². The number of hydrogen-bond acceptors (Lipinski definition) is 3. The van der Waals surface area contributed by atoms with Crippen LogP contribution in [0.1, 0.15) is 46.5 Å². The van der Waals surface area contributed by atoms with Gasteiger partial charge in [0.05, 0.1) is 30.1 Å². The van der Waals surface area contributed by atoms with Gasteiger partial charge in [-0.05, 0) is 39.3 Å². The molecule has 0 saturated heterocycles. The Morgan fingerprint density at radius 1 is 1.30 bits per heavy atom. The third-order valence-corrected chi connectivity index (χ3v) is 4.63. The molecule has 2 aromatic rings. The number of carbonyl (C=O) groups excluding carboxylic acids is 1. The number of aliphatic hydroxyl groups excluding tert-OH is 1. The number of aryl methyl sites for hydroxylation is 2. The molecule has 1 aliphatic heterocycles. The number of nitrogens with zero attached hydrogens (tertiary/aromatic N) is 4. The molecule has 2 aromatic heterocycles. The summed E-state index contributed by atoms with van der Waals surface area (Å²) < 4.78 is 4.08. The number of amides is 1. The number of hydrogen-bond donors (Lipinski definition) is 1. The van der Waals surface area contributed by atoms with Gasteiger partial charge in [0.1, 0.15) is 0 Å². The molecular formula is C17H24N4O2. The van der Waals surface area contributed by atoms with Crippen LogP contribution in [-0.4, -0.2) is 36.8 Å². The Labute approximate surface area is 136 Å². The number of aromatic nitrogens is 3. The molecule has 0 aliphatic carbocycles. The second kappa shape index (κ2) is 6.20. The van der Waals surface area contributed by atoms with Crippen LogP contribution >= 0.6 is 0 Å². The van der Waals surface area contributed by atoms with E-state index < -0.39 is 0 Å². The summed E-state index contributed by atoms with van der Waals surface area (Å²) in [7, 11) is 0. The normalized spacial score (nSPS) is 14.7. The number of fused-ring (bicyclic) bond motifs is 1. The fourth-order valence-electron chi connectivity index (χ4n) is 3.45. The highest BCUT2D eigenvalue weighted by Gasteiger charge is 2.24. The maximum Gasteiger partial charge on any atom is 0.256 e. The Bertz CT molecular complexity index is 729. The van der Waals surface area contributed by atoms with Gasteiger partial charge >= 0.3 is 0 Å². The lowest BCUT2D eigenvalue weighted by molar-refractivity contribution is 0.0745.